The lowest BCUT2D eigenvalue weighted by Crippen LogP contribution is -2.43. The largest absolute Gasteiger partial charge is 0.327 e. The van der Waals surface area contributed by atoms with Crippen molar-refractivity contribution in [3.8, 4) is 0 Å². The average Bonchev–Trinajstić information content (AvgIpc) is 3.07. The summed E-state index contributed by atoms with van der Waals surface area (Å²) in [6, 6.07) is 14.0. The van der Waals surface area contributed by atoms with E-state index in [4.69, 9.17) is 11.6 Å². The third kappa shape index (κ3) is 3.60. The zero-order valence-electron chi connectivity index (χ0n) is 13.5. The van der Waals surface area contributed by atoms with E-state index in [0.717, 1.165) is 12.0 Å². The topological polar surface area (TPSA) is 49.4 Å². The molecule has 1 aliphatic heterocycles. The molecule has 1 heterocycles. The lowest BCUT2D eigenvalue weighted by atomic mass is 10.1. The molecule has 2 aromatic carbocycles. The Hall–Kier alpha value is -2.33. The summed E-state index contributed by atoms with van der Waals surface area (Å²) in [5.41, 5.74) is 2.40. The Morgan fingerprint density at radius 3 is 2.42 bits per heavy atom. The van der Waals surface area contributed by atoms with Gasteiger partial charge >= 0.3 is 0 Å². The molecule has 0 radical (unpaired) electrons. The van der Waals surface area contributed by atoms with Crippen LogP contribution in [0.1, 0.15) is 28.8 Å². The highest BCUT2D eigenvalue weighted by Gasteiger charge is 2.34. The zero-order valence-corrected chi connectivity index (χ0v) is 14.2. The van der Waals surface area contributed by atoms with Crippen LogP contribution in [0.15, 0.2) is 48.5 Å². The number of rotatable bonds is 3. The number of anilines is 1. The maximum Gasteiger partial charge on any atom is 0.254 e. The van der Waals surface area contributed by atoms with Gasteiger partial charge in [-0.15, -0.1) is 0 Å². The van der Waals surface area contributed by atoms with Crippen LogP contribution in [0, 0.1) is 6.92 Å². The monoisotopic (exact) mass is 342 g/mol. The first kappa shape index (κ1) is 16.5. The van der Waals surface area contributed by atoms with Gasteiger partial charge in [0.1, 0.15) is 6.04 Å². The Kier molecular flexibility index (Phi) is 4.86. The minimum absolute atomic E-state index is 0.0937. The van der Waals surface area contributed by atoms with Gasteiger partial charge in [-0.1, -0.05) is 29.3 Å². The van der Waals surface area contributed by atoms with Crippen molar-refractivity contribution >= 4 is 29.1 Å². The molecule has 0 bridgehead atoms. The quantitative estimate of drug-likeness (QED) is 0.919. The van der Waals surface area contributed by atoms with E-state index in [1.165, 1.54) is 0 Å². The second-order valence-electron chi connectivity index (χ2n) is 6.02. The first-order valence-corrected chi connectivity index (χ1v) is 8.36. The maximum atomic E-state index is 12.7. The van der Waals surface area contributed by atoms with Gasteiger partial charge in [-0.2, -0.15) is 0 Å². The molecule has 1 atom stereocenters. The van der Waals surface area contributed by atoms with Crippen LogP contribution in [-0.2, 0) is 4.79 Å². The molecular formula is C19H19ClN2O2. The van der Waals surface area contributed by atoms with Crippen LogP contribution in [0.4, 0.5) is 5.69 Å². The van der Waals surface area contributed by atoms with Crippen molar-refractivity contribution in [2.75, 3.05) is 11.9 Å². The van der Waals surface area contributed by atoms with E-state index in [9.17, 15) is 9.59 Å². The Morgan fingerprint density at radius 1 is 1.08 bits per heavy atom. The van der Waals surface area contributed by atoms with Crippen molar-refractivity contribution in [3.05, 3.63) is 64.7 Å². The number of carbonyl (C=O) groups is 2. The normalized spacial score (nSPS) is 16.9. The summed E-state index contributed by atoms with van der Waals surface area (Å²) in [5, 5.41) is 3.48. The number of amides is 2. The van der Waals surface area contributed by atoms with Gasteiger partial charge in [0.25, 0.3) is 5.91 Å². The van der Waals surface area contributed by atoms with Gasteiger partial charge in [0.05, 0.1) is 0 Å². The molecular weight excluding hydrogens is 324 g/mol. The molecule has 2 amide bonds. The Balaban J connectivity index is 1.72. The van der Waals surface area contributed by atoms with Gasteiger partial charge in [-0.3, -0.25) is 9.59 Å². The smallest absolute Gasteiger partial charge is 0.254 e. The predicted molar refractivity (Wildman–Crippen MR) is 95.3 cm³/mol. The second kappa shape index (κ2) is 7.05. The van der Waals surface area contributed by atoms with Crippen molar-refractivity contribution < 1.29 is 9.59 Å². The first-order valence-electron chi connectivity index (χ1n) is 7.98. The lowest BCUT2D eigenvalue weighted by Gasteiger charge is -2.24. The SMILES string of the molecule is Cc1ccc(C(=O)N2CCC[C@@H]2C(=O)Nc2ccc(Cl)cc2)cc1. The molecule has 124 valence electrons. The number of halogens is 1. The second-order valence-corrected chi connectivity index (χ2v) is 6.46. The Labute approximate surface area is 146 Å². The molecule has 0 unspecified atom stereocenters. The third-order valence-electron chi connectivity index (χ3n) is 4.23. The molecule has 24 heavy (non-hydrogen) atoms. The van der Waals surface area contributed by atoms with Gasteiger partial charge in [-0.05, 0) is 56.2 Å². The van der Waals surface area contributed by atoms with Crippen molar-refractivity contribution in [1.82, 2.24) is 4.90 Å². The minimum Gasteiger partial charge on any atom is -0.327 e. The summed E-state index contributed by atoms with van der Waals surface area (Å²) in [7, 11) is 0. The zero-order chi connectivity index (χ0) is 17.1. The summed E-state index contributed by atoms with van der Waals surface area (Å²) < 4.78 is 0. The highest BCUT2D eigenvalue weighted by molar-refractivity contribution is 6.30. The number of nitrogens with one attached hydrogen (secondary N) is 1. The molecule has 1 N–H and O–H groups in total. The van der Waals surface area contributed by atoms with Crippen LogP contribution < -0.4 is 5.32 Å². The van der Waals surface area contributed by atoms with E-state index < -0.39 is 6.04 Å². The Bertz CT molecular complexity index is 741. The van der Waals surface area contributed by atoms with E-state index >= 15 is 0 Å². The maximum absolute atomic E-state index is 12.7. The van der Waals surface area contributed by atoms with E-state index in [1.807, 2.05) is 31.2 Å². The van der Waals surface area contributed by atoms with Crippen LogP contribution >= 0.6 is 11.6 Å². The summed E-state index contributed by atoms with van der Waals surface area (Å²) in [5.74, 6) is -0.251. The van der Waals surface area contributed by atoms with E-state index in [1.54, 1.807) is 29.2 Å². The van der Waals surface area contributed by atoms with Gasteiger partial charge in [-0.25, -0.2) is 0 Å². The molecule has 1 saturated heterocycles. The lowest BCUT2D eigenvalue weighted by molar-refractivity contribution is -0.119. The van der Waals surface area contributed by atoms with Gasteiger partial charge in [0.15, 0.2) is 0 Å². The highest BCUT2D eigenvalue weighted by atomic mass is 35.5. The van der Waals surface area contributed by atoms with Gasteiger partial charge < -0.3 is 10.2 Å². The minimum atomic E-state index is -0.436. The fourth-order valence-electron chi connectivity index (χ4n) is 2.90. The van der Waals surface area contributed by atoms with Crippen LogP contribution in [-0.4, -0.2) is 29.3 Å². The summed E-state index contributed by atoms with van der Waals surface area (Å²) in [6.07, 6.45) is 1.51. The van der Waals surface area contributed by atoms with Crippen molar-refractivity contribution in [1.29, 1.82) is 0 Å². The number of nitrogens with zero attached hydrogens (tertiary/aromatic N) is 1. The molecule has 0 aliphatic carbocycles. The fourth-order valence-corrected chi connectivity index (χ4v) is 3.03. The van der Waals surface area contributed by atoms with Crippen molar-refractivity contribution in [2.24, 2.45) is 0 Å². The summed E-state index contributed by atoms with van der Waals surface area (Å²) >= 11 is 5.85. The van der Waals surface area contributed by atoms with E-state index in [0.29, 0.717) is 29.2 Å². The molecule has 1 fully saturated rings. The fraction of sp³-hybridized carbons (Fsp3) is 0.263. The predicted octanol–water partition coefficient (Wildman–Crippen LogP) is 3.89. The number of carbonyl (C=O) groups excluding carboxylic acids is 2. The van der Waals surface area contributed by atoms with Crippen LogP contribution in [0.5, 0.6) is 0 Å². The van der Waals surface area contributed by atoms with Crippen molar-refractivity contribution in [2.45, 2.75) is 25.8 Å². The van der Waals surface area contributed by atoms with E-state index in [2.05, 4.69) is 5.32 Å². The highest BCUT2D eigenvalue weighted by Crippen LogP contribution is 2.22. The standard InChI is InChI=1S/C19H19ClN2O2/c1-13-4-6-14(7-5-13)19(24)22-12-2-3-17(22)18(23)21-16-10-8-15(20)9-11-16/h4-11,17H,2-3,12H2,1H3,(H,21,23)/t17-/m1/s1. The Morgan fingerprint density at radius 2 is 1.75 bits per heavy atom. The van der Waals surface area contributed by atoms with Gasteiger partial charge in [0.2, 0.25) is 5.91 Å². The molecule has 1 aliphatic rings. The molecule has 0 aromatic heterocycles. The molecule has 0 saturated carbocycles. The van der Waals surface area contributed by atoms with Crippen LogP contribution in [0.25, 0.3) is 0 Å². The van der Waals surface area contributed by atoms with Crippen molar-refractivity contribution in [3.63, 3.8) is 0 Å². The van der Waals surface area contributed by atoms with Crippen LogP contribution in [0.3, 0.4) is 0 Å². The first-order chi connectivity index (χ1) is 11.5. The molecule has 5 heteroatoms. The molecule has 0 spiro atoms. The average molecular weight is 343 g/mol. The summed E-state index contributed by atoms with van der Waals surface area (Å²) in [6.45, 7) is 2.58. The third-order valence-corrected chi connectivity index (χ3v) is 4.48. The van der Waals surface area contributed by atoms with Gasteiger partial charge in [0, 0.05) is 22.8 Å². The molecule has 2 aromatic rings. The molecule has 3 rings (SSSR count). The summed E-state index contributed by atoms with van der Waals surface area (Å²) in [4.78, 5) is 26.9. The number of hydrogen-bond donors (Lipinski definition) is 1. The van der Waals surface area contributed by atoms with E-state index in [-0.39, 0.29) is 11.8 Å². The number of likely N-dealkylation sites (tertiary alicyclic amines) is 1. The number of hydrogen-bond acceptors (Lipinski definition) is 2. The van der Waals surface area contributed by atoms with Crippen LogP contribution in [0.2, 0.25) is 5.02 Å². The number of aryl methyl sites for hydroxylation is 1. The number of benzene rings is 2. The molecule has 4 nitrogen and oxygen atoms in total.